The van der Waals surface area contributed by atoms with Gasteiger partial charge in [-0.25, -0.2) is 9.78 Å². The first-order valence-electron chi connectivity index (χ1n) is 9.44. The van der Waals surface area contributed by atoms with Crippen LogP contribution in [0.3, 0.4) is 0 Å². The number of benzene rings is 2. The molecule has 0 radical (unpaired) electrons. The van der Waals surface area contributed by atoms with Crippen molar-refractivity contribution in [3.63, 3.8) is 0 Å². The lowest BCUT2D eigenvalue weighted by Gasteiger charge is -2.17. The number of amides is 1. The monoisotopic (exact) mass is 409 g/mol. The smallest absolute Gasteiger partial charge is 0.329 e. The Bertz CT molecular complexity index is 959. The third-order valence-corrected chi connectivity index (χ3v) is 4.36. The average molecular weight is 409 g/mol. The predicted molar refractivity (Wildman–Crippen MR) is 108 cm³/mol. The van der Waals surface area contributed by atoms with Gasteiger partial charge in [-0.3, -0.25) is 4.79 Å². The van der Waals surface area contributed by atoms with Gasteiger partial charge in [0, 0.05) is 6.42 Å². The van der Waals surface area contributed by atoms with Crippen LogP contribution in [0.4, 0.5) is 0 Å². The molecule has 0 bridgehead atoms. The molecule has 8 nitrogen and oxygen atoms in total. The molecule has 30 heavy (non-hydrogen) atoms. The molecule has 1 aromatic heterocycles. The van der Waals surface area contributed by atoms with E-state index in [9.17, 15) is 9.59 Å². The Labute approximate surface area is 173 Å². The molecule has 4 N–H and O–H groups in total. The van der Waals surface area contributed by atoms with Crippen LogP contribution in [-0.4, -0.2) is 34.6 Å². The number of aliphatic hydroxyl groups excluding tert-OH is 1. The van der Waals surface area contributed by atoms with Crippen molar-refractivity contribution in [3.8, 4) is 0 Å². The summed E-state index contributed by atoms with van der Waals surface area (Å²) in [6, 6.07) is 16.8. The van der Waals surface area contributed by atoms with E-state index in [1.165, 1.54) is 0 Å². The summed E-state index contributed by atoms with van der Waals surface area (Å²) in [4.78, 5) is 29.3. The predicted octanol–water partition coefficient (Wildman–Crippen LogP) is 1.75. The zero-order valence-corrected chi connectivity index (χ0v) is 16.2. The van der Waals surface area contributed by atoms with Crippen LogP contribution in [0.2, 0.25) is 0 Å². The Balaban J connectivity index is 1.70. The number of hydrogen-bond donors (Lipinski definition) is 3. The van der Waals surface area contributed by atoms with Crippen molar-refractivity contribution in [2.45, 2.75) is 25.1 Å². The van der Waals surface area contributed by atoms with Crippen molar-refractivity contribution >= 4 is 11.9 Å². The normalized spacial score (nSPS) is 12.7. The summed E-state index contributed by atoms with van der Waals surface area (Å²) in [5.74, 6) is -1.13. The molecule has 2 atom stereocenters. The largest absolute Gasteiger partial charge is 0.459 e. The molecule has 3 aromatic rings. The summed E-state index contributed by atoms with van der Waals surface area (Å²) < 4.78 is 10.5. The number of esters is 1. The van der Waals surface area contributed by atoms with E-state index in [2.05, 4.69) is 10.3 Å². The van der Waals surface area contributed by atoms with E-state index < -0.39 is 24.0 Å². The maximum absolute atomic E-state index is 12.7. The number of carbonyl (C=O) groups is 2. The Morgan fingerprint density at radius 1 is 1.07 bits per heavy atom. The minimum absolute atomic E-state index is 0.0360. The van der Waals surface area contributed by atoms with Gasteiger partial charge >= 0.3 is 5.97 Å². The first kappa shape index (κ1) is 21.2. The van der Waals surface area contributed by atoms with Gasteiger partial charge in [-0.05, 0) is 11.1 Å². The molecule has 0 fully saturated rings. The zero-order chi connectivity index (χ0) is 21.3. The van der Waals surface area contributed by atoms with Gasteiger partial charge in [0.1, 0.15) is 25.0 Å². The molecule has 1 heterocycles. The summed E-state index contributed by atoms with van der Waals surface area (Å²) in [5, 5.41) is 11.7. The first-order chi connectivity index (χ1) is 14.6. The molecule has 0 saturated carbocycles. The van der Waals surface area contributed by atoms with Gasteiger partial charge in [0.2, 0.25) is 5.89 Å². The second kappa shape index (κ2) is 10.3. The number of aliphatic hydroxyl groups is 1. The van der Waals surface area contributed by atoms with Crippen LogP contribution in [0.5, 0.6) is 0 Å². The molecule has 156 valence electrons. The highest BCUT2D eigenvalue weighted by Gasteiger charge is 2.25. The van der Waals surface area contributed by atoms with Crippen LogP contribution in [0, 0.1) is 0 Å². The summed E-state index contributed by atoms with van der Waals surface area (Å²) in [6.07, 6.45) is 1.39. The molecule has 3 rings (SSSR count). The first-order valence-corrected chi connectivity index (χ1v) is 9.44. The third-order valence-electron chi connectivity index (χ3n) is 4.36. The van der Waals surface area contributed by atoms with E-state index in [1.54, 1.807) is 0 Å². The lowest BCUT2D eigenvalue weighted by atomic mass is 10.1. The second-order valence-electron chi connectivity index (χ2n) is 6.67. The van der Waals surface area contributed by atoms with Gasteiger partial charge in [0.15, 0.2) is 5.69 Å². The van der Waals surface area contributed by atoms with Crippen LogP contribution >= 0.6 is 0 Å². The average Bonchev–Trinajstić information content (AvgIpc) is 3.28. The number of aromatic nitrogens is 1. The van der Waals surface area contributed by atoms with Gasteiger partial charge in [-0.1, -0.05) is 60.7 Å². The molecule has 2 unspecified atom stereocenters. The van der Waals surface area contributed by atoms with Gasteiger partial charge in [-0.2, -0.15) is 0 Å². The number of hydrogen-bond acceptors (Lipinski definition) is 7. The van der Waals surface area contributed by atoms with Crippen molar-refractivity contribution in [2.24, 2.45) is 5.73 Å². The summed E-state index contributed by atoms with van der Waals surface area (Å²) in [6.45, 7) is -0.274. The van der Waals surface area contributed by atoms with E-state index in [-0.39, 0.29) is 31.2 Å². The molecular formula is C22H23N3O5. The van der Waals surface area contributed by atoms with Crippen LogP contribution in [0.25, 0.3) is 0 Å². The van der Waals surface area contributed by atoms with Crippen molar-refractivity contribution in [2.75, 3.05) is 6.61 Å². The Hall–Kier alpha value is -3.49. The van der Waals surface area contributed by atoms with Crippen LogP contribution in [0.15, 0.2) is 71.3 Å². The lowest BCUT2D eigenvalue weighted by Crippen LogP contribution is -2.43. The fraction of sp³-hybridized carbons (Fsp3) is 0.227. The van der Waals surface area contributed by atoms with Crippen molar-refractivity contribution < 1.29 is 23.8 Å². The molecule has 8 heteroatoms. The number of ether oxygens (including phenoxy) is 1. The van der Waals surface area contributed by atoms with E-state index in [0.29, 0.717) is 0 Å². The molecule has 0 aliphatic heterocycles. The zero-order valence-electron chi connectivity index (χ0n) is 16.2. The molecule has 1 amide bonds. The van der Waals surface area contributed by atoms with Crippen LogP contribution in [0.1, 0.15) is 33.5 Å². The van der Waals surface area contributed by atoms with Crippen LogP contribution in [-0.2, 0) is 22.6 Å². The molecule has 2 aromatic carbocycles. The van der Waals surface area contributed by atoms with E-state index in [0.717, 1.165) is 17.4 Å². The molecule has 0 spiro atoms. The van der Waals surface area contributed by atoms with E-state index in [1.807, 2.05) is 60.7 Å². The Morgan fingerprint density at radius 2 is 1.70 bits per heavy atom. The minimum Gasteiger partial charge on any atom is -0.459 e. The molecular weight excluding hydrogens is 386 g/mol. The van der Waals surface area contributed by atoms with Gasteiger partial charge < -0.3 is 25.3 Å². The van der Waals surface area contributed by atoms with Gasteiger partial charge in [0.25, 0.3) is 5.91 Å². The topological polar surface area (TPSA) is 128 Å². The summed E-state index contributed by atoms with van der Waals surface area (Å²) in [7, 11) is 0. The fourth-order valence-electron chi connectivity index (χ4n) is 2.74. The van der Waals surface area contributed by atoms with Gasteiger partial charge in [-0.15, -0.1) is 0 Å². The highest BCUT2D eigenvalue weighted by molar-refractivity contribution is 5.95. The minimum atomic E-state index is -0.921. The fourth-order valence-corrected chi connectivity index (χ4v) is 2.74. The summed E-state index contributed by atoms with van der Waals surface area (Å²) in [5.41, 5.74) is 7.31. The quantitative estimate of drug-likeness (QED) is 0.459. The lowest BCUT2D eigenvalue weighted by molar-refractivity contribution is -0.147. The SMILES string of the molecule is NC(CO)c1nc(C(=O)NC(Cc2ccccc2)C(=O)OCc2ccccc2)co1. The number of nitrogens with one attached hydrogen (secondary N) is 1. The van der Waals surface area contributed by atoms with Gasteiger partial charge in [0.05, 0.1) is 6.61 Å². The molecule has 0 aliphatic carbocycles. The number of nitrogens with two attached hydrogens (primary N) is 1. The Morgan fingerprint density at radius 3 is 2.33 bits per heavy atom. The molecule has 0 saturated heterocycles. The highest BCUT2D eigenvalue weighted by Crippen LogP contribution is 2.11. The van der Waals surface area contributed by atoms with Crippen LogP contribution < -0.4 is 11.1 Å². The molecule has 0 aliphatic rings. The maximum atomic E-state index is 12.7. The van der Waals surface area contributed by atoms with Crippen molar-refractivity contribution in [1.29, 1.82) is 0 Å². The van der Waals surface area contributed by atoms with Crippen molar-refractivity contribution in [3.05, 3.63) is 89.6 Å². The number of rotatable bonds is 9. The standard InChI is InChI=1S/C22H23N3O5/c23-17(12-26)21-25-19(14-29-21)20(27)24-18(11-15-7-3-1-4-8-15)22(28)30-13-16-9-5-2-6-10-16/h1-10,14,17-18,26H,11-13,23H2,(H,24,27). The maximum Gasteiger partial charge on any atom is 0.329 e. The highest BCUT2D eigenvalue weighted by atomic mass is 16.5. The van der Waals surface area contributed by atoms with Crippen molar-refractivity contribution in [1.82, 2.24) is 10.3 Å². The summed E-state index contributed by atoms with van der Waals surface area (Å²) >= 11 is 0. The van der Waals surface area contributed by atoms with E-state index in [4.69, 9.17) is 20.0 Å². The number of oxazole rings is 1. The second-order valence-corrected chi connectivity index (χ2v) is 6.67. The number of carbonyl (C=O) groups excluding carboxylic acids is 2. The number of nitrogens with zero attached hydrogens (tertiary/aromatic N) is 1. The Kier molecular flexibility index (Phi) is 7.31. The third kappa shape index (κ3) is 5.76. The van der Waals surface area contributed by atoms with E-state index >= 15 is 0 Å².